The number of aryl methyl sites for hydroxylation is 1. The first kappa shape index (κ1) is 17.4. The topological polar surface area (TPSA) is 88.7 Å². The summed E-state index contributed by atoms with van der Waals surface area (Å²) in [4.78, 5) is 24.7. The SMILES string of the molecule is Cc1cccc2cc(-c3nccn3-c3ccc4c(c3)ncn4CCO)c(=O)[nH]c12. The molecule has 0 radical (unpaired) electrons. The van der Waals surface area contributed by atoms with Crippen molar-refractivity contribution in [2.45, 2.75) is 13.5 Å². The quantitative estimate of drug-likeness (QED) is 0.498. The molecule has 0 unspecified atom stereocenters. The zero-order valence-corrected chi connectivity index (χ0v) is 15.8. The lowest BCUT2D eigenvalue weighted by molar-refractivity contribution is 0.278. The number of aromatic amines is 1. The molecule has 0 saturated heterocycles. The molecule has 2 aromatic carbocycles. The van der Waals surface area contributed by atoms with Gasteiger partial charge in [0.1, 0.15) is 5.82 Å². The first-order valence-electron chi connectivity index (χ1n) is 9.38. The van der Waals surface area contributed by atoms with Crippen LogP contribution in [0.15, 0.2) is 66.0 Å². The van der Waals surface area contributed by atoms with Crippen molar-refractivity contribution in [3.05, 3.63) is 77.1 Å². The number of hydrogen-bond donors (Lipinski definition) is 2. The van der Waals surface area contributed by atoms with Crippen molar-refractivity contribution < 1.29 is 5.11 Å². The van der Waals surface area contributed by atoms with Crippen LogP contribution in [0.2, 0.25) is 0 Å². The molecule has 0 aliphatic carbocycles. The zero-order chi connectivity index (χ0) is 20.0. The van der Waals surface area contributed by atoms with Crippen molar-refractivity contribution in [1.29, 1.82) is 0 Å². The Morgan fingerprint density at radius 3 is 2.90 bits per heavy atom. The minimum absolute atomic E-state index is 0.0586. The van der Waals surface area contributed by atoms with Crippen molar-refractivity contribution in [1.82, 2.24) is 24.1 Å². The molecule has 0 fully saturated rings. The standard InChI is InChI=1S/C22H19N5O2/c1-14-3-2-4-15-11-17(22(29)25-20(14)15)21-23-7-8-27(21)16-5-6-19-18(12-16)24-13-26(19)9-10-28/h2-8,11-13,28H,9-10H2,1H3,(H,25,29). The van der Waals surface area contributed by atoms with E-state index in [0.717, 1.165) is 33.2 Å². The molecule has 5 rings (SSSR count). The Bertz CT molecular complexity index is 1410. The van der Waals surface area contributed by atoms with Gasteiger partial charge < -0.3 is 14.7 Å². The molecule has 0 spiro atoms. The molecule has 0 saturated carbocycles. The van der Waals surface area contributed by atoms with Gasteiger partial charge in [0.25, 0.3) is 5.56 Å². The van der Waals surface area contributed by atoms with Gasteiger partial charge in [0.05, 0.1) is 35.0 Å². The molecule has 5 aromatic rings. The maximum Gasteiger partial charge on any atom is 0.259 e. The Morgan fingerprint density at radius 2 is 2.03 bits per heavy atom. The molecule has 144 valence electrons. The van der Waals surface area contributed by atoms with Crippen molar-refractivity contribution in [2.75, 3.05) is 6.61 Å². The third-order valence-corrected chi connectivity index (χ3v) is 5.19. The number of pyridine rings is 1. The van der Waals surface area contributed by atoms with Gasteiger partial charge in [-0.1, -0.05) is 18.2 Å². The second-order valence-corrected chi connectivity index (χ2v) is 7.01. The normalized spacial score (nSPS) is 11.5. The highest BCUT2D eigenvalue weighted by Gasteiger charge is 2.14. The second-order valence-electron chi connectivity index (χ2n) is 7.01. The minimum Gasteiger partial charge on any atom is -0.395 e. The van der Waals surface area contributed by atoms with Crippen LogP contribution >= 0.6 is 0 Å². The number of fused-ring (bicyclic) bond motifs is 2. The van der Waals surface area contributed by atoms with E-state index in [4.69, 9.17) is 0 Å². The number of nitrogens with one attached hydrogen (secondary N) is 1. The summed E-state index contributed by atoms with van der Waals surface area (Å²) in [5.74, 6) is 0.573. The molecule has 0 bridgehead atoms. The van der Waals surface area contributed by atoms with E-state index in [9.17, 15) is 9.90 Å². The van der Waals surface area contributed by atoms with Crippen LogP contribution in [-0.2, 0) is 6.54 Å². The molecule has 3 heterocycles. The number of benzene rings is 2. The fourth-order valence-electron chi connectivity index (χ4n) is 3.75. The number of aliphatic hydroxyl groups is 1. The van der Waals surface area contributed by atoms with Gasteiger partial charge in [0.15, 0.2) is 0 Å². The summed E-state index contributed by atoms with van der Waals surface area (Å²) in [5.41, 5.74) is 4.84. The van der Waals surface area contributed by atoms with Crippen molar-refractivity contribution >= 4 is 21.9 Å². The number of para-hydroxylation sites is 1. The van der Waals surface area contributed by atoms with E-state index in [0.29, 0.717) is 17.9 Å². The molecular weight excluding hydrogens is 366 g/mol. The fourth-order valence-corrected chi connectivity index (χ4v) is 3.75. The first-order valence-corrected chi connectivity index (χ1v) is 9.38. The Kier molecular flexibility index (Phi) is 4.03. The summed E-state index contributed by atoms with van der Waals surface area (Å²) in [7, 11) is 0. The Hall–Kier alpha value is -3.71. The number of aromatic nitrogens is 5. The number of rotatable bonds is 4. The summed E-state index contributed by atoms with van der Waals surface area (Å²) >= 11 is 0. The fraction of sp³-hybridized carbons (Fsp3) is 0.136. The molecule has 0 atom stereocenters. The van der Waals surface area contributed by atoms with Crippen LogP contribution in [0.25, 0.3) is 39.0 Å². The van der Waals surface area contributed by atoms with Crippen LogP contribution in [0.1, 0.15) is 5.56 Å². The molecular formula is C22H19N5O2. The molecule has 7 heteroatoms. The van der Waals surface area contributed by atoms with Crippen LogP contribution in [0.5, 0.6) is 0 Å². The van der Waals surface area contributed by atoms with Crippen molar-refractivity contribution in [3.8, 4) is 17.1 Å². The number of imidazole rings is 2. The third kappa shape index (κ3) is 2.83. The van der Waals surface area contributed by atoms with Gasteiger partial charge in [-0.15, -0.1) is 0 Å². The summed E-state index contributed by atoms with van der Waals surface area (Å²) in [5, 5.41) is 10.2. The van der Waals surface area contributed by atoms with E-state index in [1.165, 1.54) is 0 Å². The lowest BCUT2D eigenvalue weighted by Crippen LogP contribution is -2.12. The monoisotopic (exact) mass is 385 g/mol. The van der Waals surface area contributed by atoms with Crippen LogP contribution in [0, 0.1) is 6.92 Å². The average Bonchev–Trinajstić information content (AvgIpc) is 3.36. The number of nitrogens with zero attached hydrogens (tertiary/aromatic N) is 4. The molecule has 29 heavy (non-hydrogen) atoms. The van der Waals surface area contributed by atoms with E-state index < -0.39 is 0 Å². The van der Waals surface area contributed by atoms with Crippen LogP contribution < -0.4 is 5.56 Å². The predicted molar refractivity (Wildman–Crippen MR) is 112 cm³/mol. The number of H-pyrrole nitrogens is 1. The van der Waals surface area contributed by atoms with Crippen LogP contribution in [0.3, 0.4) is 0 Å². The van der Waals surface area contributed by atoms with Gasteiger partial charge in [0, 0.05) is 24.6 Å². The average molecular weight is 385 g/mol. The lowest BCUT2D eigenvalue weighted by Gasteiger charge is -2.10. The highest BCUT2D eigenvalue weighted by atomic mass is 16.3. The Labute approximate surface area is 165 Å². The zero-order valence-electron chi connectivity index (χ0n) is 15.8. The largest absolute Gasteiger partial charge is 0.395 e. The van der Waals surface area contributed by atoms with Gasteiger partial charge in [-0.05, 0) is 42.1 Å². The number of aliphatic hydroxyl groups excluding tert-OH is 1. The predicted octanol–water partition coefficient (Wildman–Crippen LogP) is 3.03. The highest BCUT2D eigenvalue weighted by molar-refractivity contribution is 5.85. The van der Waals surface area contributed by atoms with Crippen molar-refractivity contribution in [3.63, 3.8) is 0 Å². The van der Waals surface area contributed by atoms with Gasteiger partial charge in [-0.3, -0.25) is 9.36 Å². The van der Waals surface area contributed by atoms with E-state index in [1.807, 2.05) is 64.7 Å². The maximum atomic E-state index is 12.8. The minimum atomic E-state index is -0.174. The van der Waals surface area contributed by atoms with Crippen LogP contribution in [0.4, 0.5) is 0 Å². The van der Waals surface area contributed by atoms with Crippen molar-refractivity contribution in [2.24, 2.45) is 0 Å². The molecule has 2 N–H and O–H groups in total. The molecule has 0 aliphatic rings. The lowest BCUT2D eigenvalue weighted by atomic mass is 10.1. The summed E-state index contributed by atoms with van der Waals surface area (Å²) in [6, 6.07) is 13.7. The molecule has 0 aliphatic heterocycles. The number of hydrogen-bond acceptors (Lipinski definition) is 4. The molecule has 7 nitrogen and oxygen atoms in total. The third-order valence-electron chi connectivity index (χ3n) is 5.19. The molecule has 0 amide bonds. The Balaban J connectivity index is 1.65. The van der Waals surface area contributed by atoms with Crippen LogP contribution in [-0.4, -0.2) is 35.8 Å². The van der Waals surface area contributed by atoms with E-state index in [2.05, 4.69) is 15.0 Å². The Morgan fingerprint density at radius 1 is 1.14 bits per heavy atom. The first-order chi connectivity index (χ1) is 14.2. The van der Waals surface area contributed by atoms with Gasteiger partial charge in [0.2, 0.25) is 0 Å². The maximum absolute atomic E-state index is 12.8. The van der Waals surface area contributed by atoms with Gasteiger partial charge in [-0.25, -0.2) is 9.97 Å². The summed E-state index contributed by atoms with van der Waals surface area (Å²) < 4.78 is 3.79. The summed E-state index contributed by atoms with van der Waals surface area (Å²) in [6.07, 6.45) is 5.24. The van der Waals surface area contributed by atoms with E-state index in [1.54, 1.807) is 12.5 Å². The smallest absolute Gasteiger partial charge is 0.259 e. The van der Waals surface area contributed by atoms with Gasteiger partial charge >= 0.3 is 0 Å². The second kappa shape index (κ2) is 6.72. The molecule has 3 aromatic heterocycles. The van der Waals surface area contributed by atoms with Gasteiger partial charge in [-0.2, -0.15) is 0 Å². The summed E-state index contributed by atoms with van der Waals surface area (Å²) in [6.45, 7) is 2.53. The van der Waals surface area contributed by atoms with E-state index in [-0.39, 0.29) is 12.2 Å². The van der Waals surface area contributed by atoms with E-state index >= 15 is 0 Å². The highest BCUT2D eigenvalue weighted by Crippen LogP contribution is 2.24.